The Morgan fingerprint density at radius 1 is 1.00 bits per heavy atom. The third-order valence-corrected chi connectivity index (χ3v) is 4.14. The van der Waals surface area contributed by atoms with Gasteiger partial charge in [-0.05, 0) is 6.07 Å². The SMILES string of the molecule is c1cc(OCCOc2nccnc2N2CCNCC2)c2ncncc2c1. The molecule has 1 aliphatic rings. The van der Waals surface area contributed by atoms with E-state index in [2.05, 4.69) is 30.2 Å². The molecule has 0 saturated carbocycles. The van der Waals surface area contributed by atoms with Gasteiger partial charge < -0.3 is 19.7 Å². The number of nitrogens with zero attached hydrogens (tertiary/aromatic N) is 5. The lowest BCUT2D eigenvalue weighted by Gasteiger charge is -2.28. The van der Waals surface area contributed by atoms with Crippen molar-refractivity contribution >= 4 is 16.7 Å². The van der Waals surface area contributed by atoms with Crippen LogP contribution in [-0.4, -0.2) is 59.3 Å². The van der Waals surface area contributed by atoms with Crippen LogP contribution in [0.15, 0.2) is 43.1 Å². The van der Waals surface area contributed by atoms with E-state index in [-0.39, 0.29) is 0 Å². The second kappa shape index (κ2) is 7.92. The van der Waals surface area contributed by atoms with Crippen molar-refractivity contribution in [2.75, 3.05) is 44.3 Å². The first-order chi connectivity index (χ1) is 12.9. The van der Waals surface area contributed by atoms with Crippen LogP contribution in [-0.2, 0) is 0 Å². The topological polar surface area (TPSA) is 85.3 Å². The molecule has 8 heteroatoms. The Morgan fingerprint density at radius 3 is 2.77 bits per heavy atom. The fourth-order valence-corrected chi connectivity index (χ4v) is 2.91. The van der Waals surface area contributed by atoms with E-state index < -0.39 is 0 Å². The van der Waals surface area contributed by atoms with Gasteiger partial charge >= 0.3 is 0 Å². The van der Waals surface area contributed by atoms with Gasteiger partial charge in [-0.1, -0.05) is 12.1 Å². The molecule has 0 unspecified atom stereocenters. The first-order valence-electron chi connectivity index (χ1n) is 8.63. The number of anilines is 1. The summed E-state index contributed by atoms with van der Waals surface area (Å²) in [6.07, 6.45) is 6.62. The number of nitrogens with one attached hydrogen (secondary N) is 1. The van der Waals surface area contributed by atoms with E-state index in [0.29, 0.717) is 19.1 Å². The molecule has 3 heterocycles. The van der Waals surface area contributed by atoms with E-state index in [9.17, 15) is 0 Å². The molecule has 0 radical (unpaired) electrons. The van der Waals surface area contributed by atoms with E-state index in [0.717, 1.165) is 48.6 Å². The number of aromatic nitrogens is 4. The molecule has 1 fully saturated rings. The summed E-state index contributed by atoms with van der Waals surface area (Å²) in [5.41, 5.74) is 0.795. The van der Waals surface area contributed by atoms with Crippen molar-refractivity contribution < 1.29 is 9.47 Å². The molecule has 3 aromatic rings. The molecule has 0 spiro atoms. The molecule has 0 bridgehead atoms. The summed E-state index contributed by atoms with van der Waals surface area (Å²) >= 11 is 0. The van der Waals surface area contributed by atoms with Crippen LogP contribution < -0.4 is 19.7 Å². The van der Waals surface area contributed by atoms with Crippen LogP contribution in [0.4, 0.5) is 5.82 Å². The average molecular weight is 352 g/mol. The van der Waals surface area contributed by atoms with Gasteiger partial charge in [-0.3, -0.25) is 0 Å². The maximum atomic E-state index is 5.84. The summed E-state index contributed by atoms with van der Waals surface area (Å²) in [4.78, 5) is 19.3. The first-order valence-corrected chi connectivity index (χ1v) is 8.63. The largest absolute Gasteiger partial charge is 0.488 e. The molecule has 1 N–H and O–H groups in total. The lowest BCUT2D eigenvalue weighted by molar-refractivity contribution is 0.213. The first kappa shape index (κ1) is 16.5. The Bertz CT molecular complexity index is 864. The highest BCUT2D eigenvalue weighted by Crippen LogP contribution is 2.24. The van der Waals surface area contributed by atoms with Crippen molar-refractivity contribution in [3.8, 4) is 11.6 Å². The number of fused-ring (bicyclic) bond motifs is 1. The van der Waals surface area contributed by atoms with Crippen molar-refractivity contribution in [3.63, 3.8) is 0 Å². The smallest absolute Gasteiger partial charge is 0.257 e. The molecule has 8 nitrogen and oxygen atoms in total. The van der Waals surface area contributed by atoms with Gasteiger partial charge in [0.05, 0.1) is 0 Å². The van der Waals surface area contributed by atoms with Crippen LogP contribution in [0, 0.1) is 0 Å². The van der Waals surface area contributed by atoms with Crippen molar-refractivity contribution in [1.82, 2.24) is 25.3 Å². The van der Waals surface area contributed by atoms with Gasteiger partial charge in [0.15, 0.2) is 5.82 Å². The highest BCUT2D eigenvalue weighted by molar-refractivity contribution is 5.83. The molecular weight excluding hydrogens is 332 g/mol. The summed E-state index contributed by atoms with van der Waals surface area (Å²) in [7, 11) is 0. The Balaban J connectivity index is 1.38. The summed E-state index contributed by atoms with van der Waals surface area (Å²) < 4.78 is 11.7. The Labute approximate surface area is 151 Å². The normalized spacial score (nSPS) is 14.4. The average Bonchev–Trinajstić information content (AvgIpc) is 2.72. The van der Waals surface area contributed by atoms with E-state index in [1.54, 1.807) is 18.6 Å². The summed E-state index contributed by atoms with van der Waals surface area (Å²) in [5.74, 6) is 2.04. The quantitative estimate of drug-likeness (QED) is 0.664. The number of ether oxygens (including phenoxy) is 2. The standard InChI is InChI=1S/C18H20N6O2/c1-2-14-12-20-13-23-16(14)15(3-1)25-10-11-26-18-17(21-4-5-22-18)24-8-6-19-7-9-24/h1-5,12-13,19H,6-11H2. The van der Waals surface area contributed by atoms with Gasteiger partial charge in [0, 0.05) is 50.2 Å². The van der Waals surface area contributed by atoms with Crippen molar-refractivity contribution in [1.29, 1.82) is 0 Å². The minimum Gasteiger partial charge on any atom is -0.488 e. The summed E-state index contributed by atoms with van der Waals surface area (Å²) in [5, 5.41) is 4.27. The molecule has 1 saturated heterocycles. The predicted octanol–water partition coefficient (Wildman–Crippen LogP) is 1.29. The van der Waals surface area contributed by atoms with Crippen LogP contribution in [0.2, 0.25) is 0 Å². The van der Waals surface area contributed by atoms with Crippen LogP contribution in [0.1, 0.15) is 0 Å². The van der Waals surface area contributed by atoms with E-state index in [4.69, 9.17) is 9.47 Å². The fourth-order valence-electron chi connectivity index (χ4n) is 2.91. The van der Waals surface area contributed by atoms with Crippen molar-refractivity contribution in [2.24, 2.45) is 0 Å². The molecule has 1 aromatic carbocycles. The Morgan fingerprint density at radius 2 is 1.85 bits per heavy atom. The zero-order valence-corrected chi connectivity index (χ0v) is 14.3. The summed E-state index contributed by atoms with van der Waals surface area (Å²) in [6, 6.07) is 5.77. The number of piperazine rings is 1. The number of hydrogen-bond donors (Lipinski definition) is 1. The van der Waals surface area contributed by atoms with Crippen LogP contribution in [0.5, 0.6) is 11.6 Å². The van der Waals surface area contributed by atoms with Crippen LogP contribution in [0.25, 0.3) is 10.9 Å². The van der Waals surface area contributed by atoms with Gasteiger partial charge in [-0.15, -0.1) is 0 Å². The molecular formula is C18H20N6O2. The van der Waals surface area contributed by atoms with E-state index in [1.165, 1.54) is 6.33 Å². The highest BCUT2D eigenvalue weighted by atomic mass is 16.5. The summed E-state index contributed by atoms with van der Waals surface area (Å²) in [6.45, 7) is 4.41. The molecule has 0 aliphatic carbocycles. The van der Waals surface area contributed by atoms with Gasteiger partial charge in [0.1, 0.15) is 30.8 Å². The maximum absolute atomic E-state index is 5.84. The third-order valence-electron chi connectivity index (χ3n) is 4.14. The van der Waals surface area contributed by atoms with Crippen molar-refractivity contribution in [3.05, 3.63) is 43.1 Å². The predicted molar refractivity (Wildman–Crippen MR) is 97.6 cm³/mol. The monoisotopic (exact) mass is 352 g/mol. The van der Waals surface area contributed by atoms with Gasteiger partial charge in [-0.2, -0.15) is 0 Å². The second-order valence-corrected chi connectivity index (χ2v) is 5.84. The molecule has 134 valence electrons. The molecule has 26 heavy (non-hydrogen) atoms. The fraction of sp³-hybridized carbons (Fsp3) is 0.333. The van der Waals surface area contributed by atoms with Crippen LogP contribution in [0.3, 0.4) is 0 Å². The Hall–Kier alpha value is -3.00. The van der Waals surface area contributed by atoms with E-state index >= 15 is 0 Å². The zero-order valence-electron chi connectivity index (χ0n) is 14.3. The molecule has 4 rings (SSSR count). The minimum absolute atomic E-state index is 0.374. The molecule has 2 aromatic heterocycles. The van der Waals surface area contributed by atoms with Gasteiger partial charge in [0.25, 0.3) is 5.88 Å². The number of rotatable bonds is 6. The molecule has 0 atom stereocenters. The van der Waals surface area contributed by atoms with Gasteiger partial charge in [0.2, 0.25) is 0 Å². The highest BCUT2D eigenvalue weighted by Gasteiger charge is 2.17. The minimum atomic E-state index is 0.374. The van der Waals surface area contributed by atoms with Crippen LogP contribution >= 0.6 is 0 Å². The Kier molecular flexibility index (Phi) is 5.02. The maximum Gasteiger partial charge on any atom is 0.257 e. The van der Waals surface area contributed by atoms with Gasteiger partial charge in [-0.25, -0.2) is 19.9 Å². The van der Waals surface area contributed by atoms with Crippen molar-refractivity contribution in [2.45, 2.75) is 0 Å². The second-order valence-electron chi connectivity index (χ2n) is 5.84. The number of benzene rings is 1. The number of para-hydroxylation sites is 1. The zero-order chi connectivity index (χ0) is 17.6. The number of hydrogen-bond acceptors (Lipinski definition) is 8. The van der Waals surface area contributed by atoms with E-state index in [1.807, 2.05) is 18.2 Å². The molecule has 0 amide bonds. The lowest BCUT2D eigenvalue weighted by atomic mass is 10.2. The lowest BCUT2D eigenvalue weighted by Crippen LogP contribution is -2.44. The molecule has 1 aliphatic heterocycles. The third kappa shape index (κ3) is 3.65.